The van der Waals surface area contributed by atoms with Gasteiger partial charge in [-0.25, -0.2) is 4.79 Å². The van der Waals surface area contributed by atoms with E-state index in [0.29, 0.717) is 17.9 Å². The van der Waals surface area contributed by atoms with Crippen LogP contribution in [0, 0.1) is 17.3 Å². The van der Waals surface area contributed by atoms with Crippen molar-refractivity contribution in [3.8, 4) is 0 Å². The summed E-state index contributed by atoms with van der Waals surface area (Å²) in [5, 5.41) is 9.38. The van der Waals surface area contributed by atoms with E-state index in [2.05, 4.69) is 6.92 Å². The van der Waals surface area contributed by atoms with Crippen molar-refractivity contribution >= 4 is 11.8 Å². The molecule has 1 aliphatic heterocycles. The molecule has 1 heterocycles. The van der Waals surface area contributed by atoms with Crippen LogP contribution in [-0.2, 0) is 14.3 Å². The number of ether oxygens (including phenoxy) is 1. The Morgan fingerprint density at radius 2 is 2.05 bits per heavy atom. The molecule has 0 amide bonds. The molecule has 1 N–H and O–H groups in total. The molecule has 4 atom stereocenters. The molecule has 2 saturated carbocycles. The number of rotatable bonds is 1. The minimum Gasteiger partial charge on any atom is -0.453 e. The first-order valence-electron chi connectivity index (χ1n) is 7.07. The second-order valence-corrected chi connectivity index (χ2v) is 6.31. The quantitative estimate of drug-likeness (QED) is 0.731. The Morgan fingerprint density at radius 1 is 1.32 bits per heavy atom. The molecule has 3 aliphatic rings. The Hall–Kier alpha value is -1.16. The van der Waals surface area contributed by atoms with Crippen LogP contribution in [0.5, 0.6) is 0 Å². The number of carbonyl (C=O) groups excluding carboxylic acids is 2. The van der Waals surface area contributed by atoms with E-state index in [4.69, 9.17) is 4.74 Å². The van der Waals surface area contributed by atoms with Crippen molar-refractivity contribution in [1.82, 2.24) is 0 Å². The van der Waals surface area contributed by atoms with E-state index in [-0.39, 0.29) is 18.3 Å². The lowest BCUT2D eigenvalue weighted by Gasteiger charge is -2.36. The van der Waals surface area contributed by atoms with Crippen LogP contribution in [0.25, 0.3) is 0 Å². The highest BCUT2D eigenvalue weighted by atomic mass is 16.6. The third-order valence-electron chi connectivity index (χ3n) is 5.49. The molecular weight excluding hydrogens is 244 g/mol. The van der Waals surface area contributed by atoms with Gasteiger partial charge in [-0.2, -0.15) is 0 Å². The Bertz CT molecular complexity index is 479. The van der Waals surface area contributed by atoms with Crippen LogP contribution in [-0.4, -0.2) is 29.6 Å². The average Bonchev–Trinajstić information content (AvgIpc) is 2.83. The number of hydrogen-bond acceptors (Lipinski definition) is 4. The van der Waals surface area contributed by atoms with Crippen molar-refractivity contribution in [3.63, 3.8) is 0 Å². The second kappa shape index (κ2) is 4.17. The molecule has 0 unspecified atom stereocenters. The molecule has 2 aliphatic carbocycles. The summed E-state index contributed by atoms with van der Waals surface area (Å²) >= 11 is 0. The van der Waals surface area contributed by atoms with E-state index in [1.165, 1.54) is 0 Å². The molecule has 0 spiro atoms. The number of hydrogen-bond donors (Lipinski definition) is 1. The number of aliphatic hydroxyl groups excluding tert-OH is 1. The van der Waals surface area contributed by atoms with Crippen molar-refractivity contribution in [2.24, 2.45) is 17.3 Å². The van der Waals surface area contributed by atoms with Crippen LogP contribution in [0.4, 0.5) is 0 Å². The van der Waals surface area contributed by atoms with Gasteiger partial charge in [0, 0.05) is 6.42 Å². The van der Waals surface area contributed by atoms with Gasteiger partial charge in [-0.3, -0.25) is 4.79 Å². The molecule has 0 bridgehead atoms. The third-order valence-corrected chi connectivity index (χ3v) is 5.49. The number of esters is 1. The number of Topliss-reactive ketones (excluding diaryl/α,β-unsaturated/α-hetero) is 1. The highest BCUT2D eigenvalue weighted by Gasteiger charge is 2.59. The second-order valence-electron chi connectivity index (χ2n) is 6.31. The van der Waals surface area contributed by atoms with Gasteiger partial charge in [0.1, 0.15) is 11.9 Å². The standard InChI is InChI=1S/C15H20O4/c1-8-3-4-9-10(7-16)14(18)19-13(9)15(2)11(8)5-6-12(15)17/h8,11,13,16H,3-7H2,1-2H3/t8-,11+,13+,15-/m0/s1. The van der Waals surface area contributed by atoms with Crippen molar-refractivity contribution in [3.05, 3.63) is 11.1 Å². The van der Waals surface area contributed by atoms with Crippen molar-refractivity contribution in [2.75, 3.05) is 6.61 Å². The fourth-order valence-electron chi connectivity index (χ4n) is 4.33. The summed E-state index contributed by atoms with van der Waals surface area (Å²) in [5.41, 5.74) is 0.677. The predicted octanol–water partition coefficient (Wildman–Crippen LogP) is 1.62. The maximum Gasteiger partial charge on any atom is 0.337 e. The van der Waals surface area contributed by atoms with Gasteiger partial charge in [0.05, 0.1) is 17.6 Å². The normalized spacial score (nSPS) is 41.9. The number of ketones is 1. The summed E-state index contributed by atoms with van der Waals surface area (Å²) in [6.07, 6.45) is 2.76. The Labute approximate surface area is 112 Å². The summed E-state index contributed by atoms with van der Waals surface area (Å²) in [6, 6.07) is 0. The maximum absolute atomic E-state index is 12.4. The molecule has 0 aromatic heterocycles. The number of fused-ring (bicyclic) bond motifs is 3. The predicted molar refractivity (Wildman–Crippen MR) is 68.2 cm³/mol. The molecule has 0 aromatic rings. The lowest BCUT2D eigenvalue weighted by molar-refractivity contribution is -0.150. The Morgan fingerprint density at radius 3 is 2.74 bits per heavy atom. The summed E-state index contributed by atoms with van der Waals surface area (Å²) in [6.45, 7) is 3.85. The van der Waals surface area contributed by atoms with Gasteiger partial charge in [-0.15, -0.1) is 0 Å². The molecule has 19 heavy (non-hydrogen) atoms. The van der Waals surface area contributed by atoms with E-state index in [9.17, 15) is 14.7 Å². The van der Waals surface area contributed by atoms with E-state index >= 15 is 0 Å². The fourth-order valence-corrected chi connectivity index (χ4v) is 4.33. The van der Waals surface area contributed by atoms with Crippen LogP contribution in [0.15, 0.2) is 11.1 Å². The lowest BCUT2D eigenvalue weighted by atomic mass is 9.69. The summed E-state index contributed by atoms with van der Waals surface area (Å²) < 4.78 is 5.49. The molecule has 4 nitrogen and oxygen atoms in total. The zero-order valence-electron chi connectivity index (χ0n) is 11.4. The maximum atomic E-state index is 12.4. The number of carbonyl (C=O) groups is 2. The average molecular weight is 264 g/mol. The van der Waals surface area contributed by atoms with Crippen molar-refractivity contribution in [1.29, 1.82) is 0 Å². The monoisotopic (exact) mass is 264 g/mol. The van der Waals surface area contributed by atoms with Gasteiger partial charge in [0.25, 0.3) is 0 Å². The van der Waals surface area contributed by atoms with Crippen molar-refractivity contribution < 1.29 is 19.4 Å². The minimum absolute atomic E-state index is 0.209. The zero-order chi connectivity index (χ0) is 13.8. The van der Waals surface area contributed by atoms with Crippen molar-refractivity contribution in [2.45, 2.75) is 45.6 Å². The smallest absolute Gasteiger partial charge is 0.337 e. The van der Waals surface area contributed by atoms with Crippen LogP contribution in [0.3, 0.4) is 0 Å². The molecule has 3 rings (SSSR count). The van der Waals surface area contributed by atoms with E-state index < -0.39 is 17.5 Å². The number of aliphatic hydroxyl groups is 1. The highest BCUT2D eigenvalue weighted by molar-refractivity contribution is 5.95. The first-order valence-corrected chi connectivity index (χ1v) is 7.07. The molecule has 4 heteroatoms. The molecule has 0 radical (unpaired) electrons. The summed E-state index contributed by atoms with van der Waals surface area (Å²) in [5.74, 6) is 0.513. The third kappa shape index (κ3) is 1.55. The SMILES string of the molecule is C[C@H]1CCC2=C(CO)C(=O)O[C@H]2[C@]2(C)C(=O)CC[C@H]12. The molecule has 104 valence electrons. The summed E-state index contributed by atoms with van der Waals surface area (Å²) in [7, 11) is 0. The van der Waals surface area contributed by atoms with E-state index in [1.54, 1.807) is 0 Å². The van der Waals surface area contributed by atoms with Gasteiger partial charge in [0.15, 0.2) is 0 Å². The first kappa shape index (κ1) is 12.9. The zero-order valence-corrected chi connectivity index (χ0v) is 11.4. The largest absolute Gasteiger partial charge is 0.453 e. The van der Waals surface area contributed by atoms with E-state index in [0.717, 1.165) is 24.8 Å². The highest BCUT2D eigenvalue weighted by Crippen LogP contribution is 2.55. The molecule has 2 fully saturated rings. The topological polar surface area (TPSA) is 63.6 Å². The minimum atomic E-state index is -0.585. The van der Waals surface area contributed by atoms with Gasteiger partial charge in [0.2, 0.25) is 0 Å². The van der Waals surface area contributed by atoms with Gasteiger partial charge in [-0.1, -0.05) is 6.92 Å². The fraction of sp³-hybridized carbons (Fsp3) is 0.733. The first-order chi connectivity index (χ1) is 9.00. The van der Waals surface area contributed by atoms with Gasteiger partial charge < -0.3 is 9.84 Å². The molecule has 0 aromatic carbocycles. The van der Waals surface area contributed by atoms with Crippen LogP contribution >= 0.6 is 0 Å². The summed E-state index contributed by atoms with van der Waals surface area (Å²) in [4.78, 5) is 24.2. The van der Waals surface area contributed by atoms with E-state index in [1.807, 2.05) is 6.92 Å². The lowest BCUT2D eigenvalue weighted by Crippen LogP contribution is -2.43. The Balaban J connectivity index is 2.12. The van der Waals surface area contributed by atoms with Crippen LogP contribution in [0.1, 0.15) is 39.5 Å². The Kier molecular flexibility index (Phi) is 2.82. The van der Waals surface area contributed by atoms with Crippen LogP contribution < -0.4 is 0 Å². The molecule has 0 saturated heterocycles. The van der Waals surface area contributed by atoms with Crippen LogP contribution in [0.2, 0.25) is 0 Å². The van der Waals surface area contributed by atoms with Gasteiger partial charge >= 0.3 is 5.97 Å². The molecular formula is C15H20O4. The van der Waals surface area contributed by atoms with Gasteiger partial charge in [-0.05, 0) is 43.6 Å².